The molecule has 14 heavy (non-hydrogen) atoms. The van der Waals surface area contributed by atoms with Crippen molar-refractivity contribution in [2.24, 2.45) is 5.73 Å². The molecule has 2 nitrogen and oxygen atoms in total. The molecule has 0 aromatic heterocycles. The van der Waals surface area contributed by atoms with Crippen LogP contribution in [0.1, 0.15) is 24.9 Å². The fourth-order valence-electron chi connectivity index (χ4n) is 1.67. The number of rotatable bonds is 0. The zero-order valence-electron chi connectivity index (χ0n) is 7.87. The maximum Gasteiger partial charge on any atom is 0.124 e. The van der Waals surface area contributed by atoms with E-state index in [0.29, 0.717) is 5.75 Å². The van der Waals surface area contributed by atoms with Gasteiger partial charge in [0.2, 0.25) is 0 Å². The first-order valence-electron chi connectivity index (χ1n) is 4.38. The molecule has 1 unspecified atom stereocenters. The standard InChI is InChI=1S/C10H12FNO.ClH/c1-6-4-9(12)8-5-7(11)2-3-10(8)13-6;/h2-3,5-6,9H,4,12H2,1H3;1H/t6?,9-;/m0./s1. The van der Waals surface area contributed by atoms with Gasteiger partial charge in [0, 0.05) is 18.0 Å². The summed E-state index contributed by atoms with van der Waals surface area (Å²) in [4.78, 5) is 0. The van der Waals surface area contributed by atoms with Crippen LogP contribution < -0.4 is 10.5 Å². The van der Waals surface area contributed by atoms with E-state index in [1.807, 2.05) is 6.92 Å². The minimum Gasteiger partial charge on any atom is -0.490 e. The van der Waals surface area contributed by atoms with Crippen molar-refractivity contribution in [1.82, 2.24) is 0 Å². The zero-order chi connectivity index (χ0) is 9.42. The van der Waals surface area contributed by atoms with Gasteiger partial charge in [-0.2, -0.15) is 0 Å². The van der Waals surface area contributed by atoms with Gasteiger partial charge in [0.05, 0.1) is 6.10 Å². The van der Waals surface area contributed by atoms with Crippen LogP contribution in [-0.2, 0) is 0 Å². The monoisotopic (exact) mass is 217 g/mol. The first-order chi connectivity index (χ1) is 6.16. The van der Waals surface area contributed by atoms with Crippen LogP contribution in [0, 0.1) is 5.82 Å². The third-order valence-electron chi connectivity index (χ3n) is 2.29. The molecule has 1 aliphatic rings. The molecule has 0 saturated carbocycles. The lowest BCUT2D eigenvalue weighted by Crippen LogP contribution is -2.27. The predicted molar refractivity (Wildman–Crippen MR) is 55.3 cm³/mol. The highest BCUT2D eigenvalue weighted by molar-refractivity contribution is 5.85. The van der Waals surface area contributed by atoms with E-state index in [0.717, 1.165) is 12.0 Å². The molecule has 0 saturated heterocycles. The Balaban J connectivity index is 0.000000980. The number of benzene rings is 1. The van der Waals surface area contributed by atoms with Crippen molar-refractivity contribution in [3.63, 3.8) is 0 Å². The average molecular weight is 218 g/mol. The van der Waals surface area contributed by atoms with E-state index in [4.69, 9.17) is 10.5 Å². The van der Waals surface area contributed by atoms with Gasteiger partial charge in [-0.1, -0.05) is 0 Å². The predicted octanol–water partition coefficient (Wildman–Crippen LogP) is 2.42. The summed E-state index contributed by atoms with van der Waals surface area (Å²) in [6, 6.07) is 4.38. The molecule has 0 fully saturated rings. The Hall–Kier alpha value is -0.800. The SMILES string of the molecule is CC1C[C@H](N)c2cc(F)ccc2O1.Cl. The molecule has 0 aliphatic carbocycles. The highest BCUT2D eigenvalue weighted by atomic mass is 35.5. The summed E-state index contributed by atoms with van der Waals surface area (Å²) in [5.41, 5.74) is 6.64. The fraction of sp³-hybridized carbons (Fsp3) is 0.400. The first-order valence-corrected chi connectivity index (χ1v) is 4.38. The fourth-order valence-corrected chi connectivity index (χ4v) is 1.67. The van der Waals surface area contributed by atoms with Crippen molar-refractivity contribution < 1.29 is 9.13 Å². The second kappa shape index (κ2) is 4.15. The highest BCUT2D eigenvalue weighted by Gasteiger charge is 2.22. The van der Waals surface area contributed by atoms with Crippen LogP contribution in [0.2, 0.25) is 0 Å². The molecule has 2 rings (SSSR count). The third kappa shape index (κ3) is 1.99. The smallest absolute Gasteiger partial charge is 0.124 e. The summed E-state index contributed by atoms with van der Waals surface area (Å²) < 4.78 is 18.4. The van der Waals surface area contributed by atoms with E-state index >= 15 is 0 Å². The van der Waals surface area contributed by atoms with Crippen LogP contribution in [0.3, 0.4) is 0 Å². The van der Waals surface area contributed by atoms with Crippen molar-refractivity contribution in [3.8, 4) is 5.75 Å². The van der Waals surface area contributed by atoms with Crippen molar-refractivity contribution in [2.45, 2.75) is 25.5 Å². The molecular weight excluding hydrogens is 205 g/mol. The second-order valence-corrected chi connectivity index (χ2v) is 3.45. The molecule has 4 heteroatoms. The van der Waals surface area contributed by atoms with Gasteiger partial charge in [0.25, 0.3) is 0 Å². The van der Waals surface area contributed by atoms with Crippen LogP contribution in [0.15, 0.2) is 18.2 Å². The van der Waals surface area contributed by atoms with Gasteiger partial charge >= 0.3 is 0 Å². The molecule has 0 spiro atoms. The molecule has 0 amide bonds. The molecule has 2 atom stereocenters. The van der Waals surface area contributed by atoms with E-state index in [1.165, 1.54) is 12.1 Å². The number of hydrogen-bond donors (Lipinski definition) is 1. The molecule has 1 heterocycles. The average Bonchev–Trinajstić information content (AvgIpc) is 2.06. The van der Waals surface area contributed by atoms with E-state index in [1.54, 1.807) is 6.07 Å². The lowest BCUT2D eigenvalue weighted by atomic mass is 9.98. The number of ether oxygens (including phenoxy) is 1. The Morgan fingerprint density at radius 3 is 2.93 bits per heavy atom. The van der Waals surface area contributed by atoms with Gasteiger partial charge < -0.3 is 10.5 Å². The Bertz CT molecular complexity index is 332. The number of hydrogen-bond acceptors (Lipinski definition) is 2. The minimum absolute atomic E-state index is 0. The van der Waals surface area contributed by atoms with Gasteiger partial charge in [-0.05, 0) is 25.1 Å². The van der Waals surface area contributed by atoms with Crippen molar-refractivity contribution in [2.75, 3.05) is 0 Å². The normalized spacial score (nSPS) is 24.5. The molecular formula is C10H13ClFNO. The van der Waals surface area contributed by atoms with E-state index < -0.39 is 0 Å². The first kappa shape index (κ1) is 11.3. The lowest BCUT2D eigenvalue weighted by Gasteiger charge is -2.27. The maximum absolute atomic E-state index is 12.9. The van der Waals surface area contributed by atoms with Crippen LogP contribution >= 0.6 is 12.4 Å². The molecule has 1 aromatic carbocycles. The van der Waals surface area contributed by atoms with Crippen molar-refractivity contribution >= 4 is 12.4 Å². The number of fused-ring (bicyclic) bond motifs is 1. The van der Waals surface area contributed by atoms with Gasteiger partial charge in [0.1, 0.15) is 11.6 Å². The molecule has 0 bridgehead atoms. The summed E-state index contributed by atoms with van der Waals surface area (Å²) in [5.74, 6) is 0.458. The molecule has 1 aliphatic heterocycles. The summed E-state index contributed by atoms with van der Waals surface area (Å²) >= 11 is 0. The third-order valence-corrected chi connectivity index (χ3v) is 2.29. The summed E-state index contributed by atoms with van der Waals surface area (Å²) in [6.45, 7) is 1.96. The summed E-state index contributed by atoms with van der Waals surface area (Å²) in [5, 5.41) is 0. The van der Waals surface area contributed by atoms with Gasteiger partial charge in [0.15, 0.2) is 0 Å². The van der Waals surface area contributed by atoms with Gasteiger partial charge in [-0.25, -0.2) is 4.39 Å². The van der Waals surface area contributed by atoms with Crippen LogP contribution in [-0.4, -0.2) is 6.10 Å². The Kier molecular flexibility index (Phi) is 3.34. The molecule has 2 N–H and O–H groups in total. The van der Waals surface area contributed by atoms with E-state index in [9.17, 15) is 4.39 Å². The Morgan fingerprint density at radius 2 is 2.21 bits per heavy atom. The zero-order valence-corrected chi connectivity index (χ0v) is 8.68. The van der Waals surface area contributed by atoms with Crippen molar-refractivity contribution in [1.29, 1.82) is 0 Å². The Morgan fingerprint density at radius 1 is 1.50 bits per heavy atom. The minimum atomic E-state index is -0.257. The van der Waals surface area contributed by atoms with E-state index in [-0.39, 0.29) is 30.4 Å². The highest BCUT2D eigenvalue weighted by Crippen LogP contribution is 2.33. The van der Waals surface area contributed by atoms with Crippen molar-refractivity contribution in [3.05, 3.63) is 29.6 Å². The second-order valence-electron chi connectivity index (χ2n) is 3.45. The largest absolute Gasteiger partial charge is 0.490 e. The van der Waals surface area contributed by atoms with Crippen LogP contribution in [0.5, 0.6) is 5.75 Å². The summed E-state index contributed by atoms with van der Waals surface area (Å²) in [7, 11) is 0. The Labute approximate surface area is 88.7 Å². The van der Waals surface area contributed by atoms with E-state index in [2.05, 4.69) is 0 Å². The quantitative estimate of drug-likeness (QED) is 0.725. The van der Waals surface area contributed by atoms with Crippen LogP contribution in [0.25, 0.3) is 0 Å². The maximum atomic E-state index is 12.9. The number of nitrogens with two attached hydrogens (primary N) is 1. The van der Waals surface area contributed by atoms with Gasteiger partial charge in [-0.15, -0.1) is 12.4 Å². The van der Waals surface area contributed by atoms with Crippen LogP contribution in [0.4, 0.5) is 4.39 Å². The molecule has 0 radical (unpaired) electrons. The van der Waals surface area contributed by atoms with Gasteiger partial charge in [-0.3, -0.25) is 0 Å². The molecule has 1 aromatic rings. The topological polar surface area (TPSA) is 35.2 Å². The molecule has 78 valence electrons. The number of halogens is 2. The lowest BCUT2D eigenvalue weighted by molar-refractivity contribution is 0.176. The summed E-state index contributed by atoms with van der Waals surface area (Å²) in [6.07, 6.45) is 0.865.